The second-order valence-electron chi connectivity index (χ2n) is 7.95. The third-order valence-corrected chi connectivity index (χ3v) is 6.12. The molecule has 1 saturated carbocycles. The van der Waals surface area contributed by atoms with Crippen molar-refractivity contribution in [2.75, 3.05) is 6.61 Å². The molecule has 1 aromatic heterocycles. The first-order valence-corrected chi connectivity index (χ1v) is 10.6. The highest BCUT2D eigenvalue weighted by Gasteiger charge is 2.51. The molecule has 2 aliphatic rings. The summed E-state index contributed by atoms with van der Waals surface area (Å²) in [5.74, 6) is -2.62. The average Bonchev–Trinajstić information content (AvgIpc) is 3.27. The van der Waals surface area contributed by atoms with E-state index in [1.807, 2.05) is 0 Å². The summed E-state index contributed by atoms with van der Waals surface area (Å²) >= 11 is 0. The highest BCUT2D eigenvalue weighted by atomic mass is 16.5. The maximum Gasteiger partial charge on any atom is 0.374 e. The SMILES string of the molecule is CCOC(=O)c1oc2ccccc2c1COC(=O)C(C)N1C(=O)C2CCCCC2C1=O. The third-order valence-electron chi connectivity index (χ3n) is 6.12. The summed E-state index contributed by atoms with van der Waals surface area (Å²) in [6.45, 7) is 3.11. The molecule has 2 amide bonds. The topological polar surface area (TPSA) is 103 Å². The Labute approximate surface area is 179 Å². The van der Waals surface area contributed by atoms with Gasteiger partial charge in [0.05, 0.1) is 24.0 Å². The summed E-state index contributed by atoms with van der Waals surface area (Å²) in [6, 6.07) is 5.98. The van der Waals surface area contributed by atoms with Gasteiger partial charge in [-0.3, -0.25) is 14.5 Å². The number of esters is 2. The second-order valence-corrected chi connectivity index (χ2v) is 7.95. The number of nitrogens with zero attached hydrogens (tertiary/aromatic N) is 1. The molecule has 1 aliphatic carbocycles. The van der Waals surface area contributed by atoms with Gasteiger partial charge >= 0.3 is 11.9 Å². The number of carbonyl (C=O) groups excluding carboxylic acids is 4. The smallest absolute Gasteiger partial charge is 0.374 e. The van der Waals surface area contributed by atoms with Crippen molar-refractivity contribution >= 4 is 34.7 Å². The van der Waals surface area contributed by atoms with Crippen LogP contribution in [0.2, 0.25) is 0 Å². The van der Waals surface area contributed by atoms with Crippen LogP contribution in [0.25, 0.3) is 11.0 Å². The van der Waals surface area contributed by atoms with Crippen molar-refractivity contribution in [3.05, 3.63) is 35.6 Å². The number of imide groups is 1. The lowest BCUT2D eigenvalue weighted by atomic mass is 9.81. The average molecular weight is 427 g/mol. The van der Waals surface area contributed by atoms with E-state index in [4.69, 9.17) is 13.9 Å². The van der Waals surface area contributed by atoms with Crippen LogP contribution < -0.4 is 0 Å². The van der Waals surface area contributed by atoms with E-state index in [-0.39, 0.29) is 42.6 Å². The quantitative estimate of drug-likeness (QED) is 0.515. The van der Waals surface area contributed by atoms with Gasteiger partial charge in [-0.1, -0.05) is 31.0 Å². The summed E-state index contributed by atoms with van der Waals surface area (Å²) in [7, 11) is 0. The highest BCUT2D eigenvalue weighted by molar-refractivity contribution is 6.07. The Morgan fingerprint density at radius 2 is 1.74 bits per heavy atom. The molecule has 1 saturated heterocycles. The molecule has 164 valence electrons. The number of ether oxygens (including phenoxy) is 2. The number of carbonyl (C=O) groups is 4. The zero-order valence-corrected chi connectivity index (χ0v) is 17.6. The molecule has 0 radical (unpaired) electrons. The van der Waals surface area contributed by atoms with Crippen molar-refractivity contribution in [2.24, 2.45) is 11.8 Å². The number of para-hydroxylation sites is 1. The number of likely N-dealkylation sites (tertiary alicyclic amines) is 1. The Morgan fingerprint density at radius 1 is 1.10 bits per heavy atom. The lowest BCUT2D eigenvalue weighted by molar-refractivity contribution is -0.159. The minimum atomic E-state index is -1.03. The largest absolute Gasteiger partial charge is 0.460 e. The number of amides is 2. The number of hydrogen-bond acceptors (Lipinski definition) is 7. The third kappa shape index (κ3) is 3.71. The molecule has 1 aliphatic heterocycles. The van der Waals surface area contributed by atoms with Gasteiger partial charge in [-0.15, -0.1) is 0 Å². The van der Waals surface area contributed by atoms with E-state index < -0.39 is 18.0 Å². The molecular weight excluding hydrogens is 402 g/mol. The van der Waals surface area contributed by atoms with Crippen LogP contribution in [0.15, 0.2) is 28.7 Å². The first kappa shape index (κ1) is 21.1. The van der Waals surface area contributed by atoms with Crippen LogP contribution in [-0.2, 0) is 30.5 Å². The molecule has 2 heterocycles. The van der Waals surface area contributed by atoms with Crippen molar-refractivity contribution in [1.82, 2.24) is 4.90 Å². The molecule has 0 bridgehead atoms. The maximum atomic E-state index is 12.7. The van der Waals surface area contributed by atoms with Crippen LogP contribution in [0.4, 0.5) is 0 Å². The van der Waals surface area contributed by atoms with Crippen LogP contribution in [-0.4, -0.2) is 41.3 Å². The molecule has 2 fully saturated rings. The van der Waals surface area contributed by atoms with E-state index in [9.17, 15) is 19.2 Å². The lowest BCUT2D eigenvalue weighted by Gasteiger charge is -2.21. The molecule has 2 aromatic rings. The van der Waals surface area contributed by atoms with E-state index >= 15 is 0 Å². The van der Waals surface area contributed by atoms with E-state index in [1.165, 1.54) is 6.92 Å². The predicted octanol–water partition coefficient (Wildman–Crippen LogP) is 3.22. The van der Waals surface area contributed by atoms with Crippen molar-refractivity contribution in [2.45, 2.75) is 52.2 Å². The molecule has 8 heteroatoms. The number of hydrogen-bond donors (Lipinski definition) is 0. The molecule has 8 nitrogen and oxygen atoms in total. The zero-order valence-electron chi connectivity index (χ0n) is 17.6. The molecule has 4 rings (SSSR count). The zero-order chi connectivity index (χ0) is 22.1. The Hall–Kier alpha value is -3.16. The second kappa shape index (κ2) is 8.53. The van der Waals surface area contributed by atoms with Crippen molar-refractivity contribution < 1.29 is 33.1 Å². The fourth-order valence-electron chi connectivity index (χ4n) is 4.54. The van der Waals surface area contributed by atoms with E-state index in [0.717, 1.165) is 17.7 Å². The van der Waals surface area contributed by atoms with Gasteiger partial charge in [0.1, 0.15) is 18.2 Å². The molecule has 3 atom stereocenters. The highest BCUT2D eigenvalue weighted by Crippen LogP contribution is 2.39. The van der Waals surface area contributed by atoms with Gasteiger partial charge < -0.3 is 13.9 Å². The van der Waals surface area contributed by atoms with E-state index in [0.29, 0.717) is 29.4 Å². The number of furan rings is 1. The lowest BCUT2D eigenvalue weighted by Crippen LogP contribution is -2.44. The molecule has 0 N–H and O–H groups in total. The van der Waals surface area contributed by atoms with Gasteiger partial charge in [-0.25, -0.2) is 9.59 Å². The standard InChI is InChI=1S/C23H25NO7/c1-3-29-23(28)19-17(14-8-6-7-11-18(14)31-19)12-30-22(27)13(2)24-20(25)15-9-4-5-10-16(15)21(24)26/h6-8,11,13,15-16H,3-5,9-10,12H2,1-2H3. The molecule has 0 spiro atoms. The minimum Gasteiger partial charge on any atom is -0.460 e. The normalized spacial score (nSPS) is 21.8. The van der Waals surface area contributed by atoms with Crippen LogP contribution in [0.1, 0.15) is 55.6 Å². The van der Waals surface area contributed by atoms with Crippen LogP contribution in [0.5, 0.6) is 0 Å². The molecule has 1 aromatic carbocycles. The Balaban J connectivity index is 1.52. The van der Waals surface area contributed by atoms with Crippen LogP contribution in [0, 0.1) is 11.8 Å². The molecular formula is C23H25NO7. The number of benzene rings is 1. The van der Waals surface area contributed by atoms with E-state index in [1.54, 1.807) is 31.2 Å². The minimum absolute atomic E-state index is 0.0251. The summed E-state index contributed by atoms with van der Waals surface area (Å²) in [5, 5.41) is 0.630. The Morgan fingerprint density at radius 3 is 2.39 bits per heavy atom. The first-order valence-electron chi connectivity index (χ1n) is 10.6. The summed E-state index contributed by atoms with van der Waals surface area (Å²) in [6.07, 6.45) is 3.18. The van der Waals surface area contributed by atoms with Gasteiger partial charge in [0.15, 0.2) is 0 Å². The summed E-state index contributed by atoms with van der Waals surface area (Å²) in [4.78, 5) is 51.6. The number of fused-ring (bicyclic) bond motifs is 2. The van der Waals surface area contributed by atoms with Crippen molar-refractivity contribution in [3.63, 3.8) is 0 Å². The Bertz CT molecular complexity index is 1020. The Kier molecular flexibility index (Phi) is 5.80. The van der Waals surface area contributed by atoms with Gasteiger partial charge in [-0.2, -0.15) is 0 Å². The monoisotopic (exact) mass is 427 g/mol. The summed E-state index contributed by atoms with van der Waals surface area (Å²) in [5.41, 5.74) is 0.862. The number of rotatable bonds is 6. The van der Waals surface area contributed by atoms with Gasteiger partial charge in [-0.05, 0) is 32.8 Å². The van der Waals surface area contributed by atoms with Crippen LogP contribution in [0.3, 0.4) is 0 Å². The fraction of sp³-hybridized carbons (Fsp3) is 0.478. The van der Waals surface area contributed by atoms with Gasteiger partial charge in [0.25, 0.3) is 0 Å². The van der Waals surface area contributed by atoms with E-state index in [2.05, 4.69) is 0 Å². The molecule has 3 unspecified atom stereocenters. The maximum absolute atomic E-state index is 12.7. The van der Waals surface area contributed by atoms with Crippen LogP contribution >= 0.6 is 0 Å². The van der Waals surface area contributed by atoms with Crippen molar-refractivity contribution in [1.29, 1.82) is 0 Å². The van der Waals surface area contributed by atoms with Crippen molar-refractivity contribution in [3.8, 4) is 0 Å². The first-order chi connectivity index (χ1) is 14.9. The summed E-state index contributed by atoms with van der Waals surface area (Å²) < 4.78 is 16.1. The fourth-order valence-corrected chi connectivity index (χ4v) is 4.54. The predicted molar refractivity (Wildman–Crippen MR) is 109 cm³/mol. The van der Waals surface area contributed by atoms with Gasteiger partial charge in [0.2, 0.25) is 17.6 Å². The van der Waals surface area contributed by atoms with Gasteiger partial charge in [0, 0.05) is 5.39 Å². The molecule has 31 heavy (non-hydrogen) atoms.